The highest BCUT2D eigenvalue weighted by Gasteiger charge is 2.03. The normalized spacial score (nSPS) is 11.6. The van der Waals surface area contributed by atoms with Crippen LogP contribution in [0.3, 0.4) is 0 Å². The molecule has 88 valence electrons. The first-order valence-corrected chi connectivity index (χ1v) is 5.72. The molecule has 0 spiro atoms. The molecule has 0 heterocycles. The van der Waals surface area contributed by atoms with Crippen LogP contribution < -0.4 is 10.5 Å². The SMILES string of the molecule is CC/C=C(/C)Cc1ccc(OC)c(CN)c1. The number of nitrogens with two attached hydrogens (primary N) is 1. The molecule has 0 fully saturated rings. The van der Waals surface area contributed by atoms with Gasteiger partial charge in [-0.05, 0) is 31.4 Å². The maximum absolute atomic E-state index is 5.69. The van der Waals surface area contributed by atoms with Gasteiger partial charge < -0.3 is 10.5 Å². The highest BCUT2D eigenvalue weighted by Crippen LogP contribution is 2.20. The van der Waals surface area contributed by atoms with Crippen molar-refractivity contribution >= 4 is 0 Å². The average Bonchev–Trinajstić information content (AvgIpc) is 2.29. The highest BCUT2D eigenvalue weighted by molar-refractivity contribution is 5.38. The first kappa shape index (κ1) is 12.8. The van der Waals surface area contributed by atoms with Gasteiger partial charge >= 0.3 is 0 Å². The Bertz CT molecular complexity index is 369. The smallest absolute Gasteiger partial charge is 0.123 e. The Balaban J connectivity index is 2.87. The molecule has 0 atom stereocenters. The van der Waals surface area contributed by atoms with E-state index in [-0.39, 0.29) is 0 Å². The summed E-state index contributed by atoms with van der Waals surface area (Å²) in [5, 5.41) is 0. The van der Waals surface area contributed by atoms with Crippen molar-refractivity contribution in [2.75, 3.05) is 7.11 Å². The Labute approximate surface area is 98.1 Å². The minimum Gasteiger partial charge on any atom is -0.496 e. The van der Waals surface area contributed by atoms with Gasteiger partial charge in [-0.25, -0.2) is 0 Å². The van der Waals surface area contributed by atoms with Crippen molar-refractivity contribution in [2.24, 2.45) is 5.73 Å². The van der Waals surface area contributed by atoms with E-state index in [0.29, 0.717) is 6.54 Å². The summed E-state index contributed by atoms with van der Waals surface area (Å²) >= 11 is 0. The third kappa shape index (κ3) is 3.38. The lowest BCUT2D eigenvalue weighted by atomic mass is 10.0. The van der Waals surface area contributed by atoms with E-state index in [0.717, 1.165) is 24.2 Å². The summed E-state index contributed by atoms with van der Waals surface area (Å²) in [5.41, 5.74) is 9.46. The molecule has 2 heteroatoms. The molecule has 0 radical (unpaired) electrons. The molecule has 0 aromatic heterocycles. The second-order valence-electron chi connectivity index (χ2n) is 3.99. The van der Waals surface area contributed by atoms with Crippen molar-refractivity contribution in [3.05, 3.63) is 41.0 Å². The van der Waals surface area contributed by atoms with Gasteiger partial charge in [0.25, 0.3) is 0 Å². The molecule has 1 rings (SSSR count). The molecule has 0 unspecified atom stereocenters. The summed E-state index contributed by atoms with van der Waals surface area (Å²) in [6, 6.07) is 6.23. The molecule has 2 N–H and O–H groups in total. The van der Waals surface area contributed by atoms with Crippen molar-refractivity contribution in [3.63, 3.8) is 0 Å². The van der Waals surface area contributed by atoms with E-state index >= 15 is 0 Å². The van der Waals surface area contributed by atoms with Crippen molar-refractivity contribution in [1.29, 1.82) is 0 Å². The third-order valence-corrected chi connectivity index (χ3v) is 2.60. The van der Waals surface area contributed by atoms with Crippen LogP contribution in [0.25, 0.3) is 0 Å². The predicted molar refractivity (Wildman–Crippen MR) is 68.6 cm³/mol. The number of hydrogen-bond donors (Lipinski definition) is 1. The Morgan fingerprint density at radius 2 is 2.19 bits per heavy atom. The molecule has 16 heavy (non-hydrogen) atoms. The summed E-state index contributed by atoms with van der Waals surface area (Å²) in [7, 11) is 1.68. The van der Waals surface area contributed by atoms with E-state index in [1.165, 1.54) is 11.1 Å². The standard InChI is InChI=1S/C14H21NO/c1-4-5-11(2)8-12-6-7-14(16-3)13(9-12)10-15/h5-7,9H,4,8,10,15H2,1-3H3/b11-5-. The van der Waals surface area contributed by atoms with Crippen LogP contribution in [0.5, 0.6) is 5.75 Å². The molecular weight excluding hydrogens is 198 g/mol. The second-order valence-corrected chi connectivity index (χ2v) is 3.99. The zero-order valence-electron chi connectivity index (χ0n) is 10.4. The van der Waals surface area contributed by atoms with Crippen LogP contribution in [0, 0.1) is 0 Å². The third-order valence-electron chi connectivity index (χ3n) is 2.60. The van der Waals surface area contributed by atoms with Crippen LogP contribution in [-0.4, -0.2) is 7.11 Å². The zero-order valence-corrected chi connectivity index (χ0v) is 10.4. The van der Waals surface area contributed by atoms with Gasteiger partial charge in [0.1, 0.15) is 5.75 Å². The van der Waals surface area contributed by atoms with Crippen LogP contribution >= 0.6 is 0 Å². The molecule has 0 bridgehead atoms. The number of methoxy groups -OCH3 is 1. The van der Waals surface area contributed by atoms with Gasteiger partial charge in [-0.2, -0.15) is 0 Å². The topological polar surface area (TPSA) is 35.2 Å². The predicted octanol–water partition coefficient (Wildman–Crippen LogP) is 3.05. The lowest BCUT2D eigenvalue weighted by Gasteiger charge is -2.09. The quantitative estimate of drug-likeness (QED) is 0.772. The molecule has 0 saturated heterocycles. The summed E-state index contributed by atoms with van der Waals surface area (Å²) < 4.78 is 5.25. The van der Waals surface area contributed by atoms with Crippen LogP contribution in [0.4, 0.5) is 0 Å². The van der Waals surface area contributed by atoms with Crippen molar-refractivity contribution in [3.8, 4) is 5.75 Å². The monoisotopic (exact) mass is 219 g/mol. The van der Waals surface area contributed by atoms with E-state index in [4.69, 9.17) is 10.5 Å². The molecule has 0 aliphatic rings. The molecule has 1 aromatic carbocycles. The molecule has 1 aromatic rings. The fourth-order valence-electron chi connectivity index (χ4n) is 1.84. The lowest BCUT2D eigenvalue weighted by Crippen LogP contribution is -2.01. The van der Waals surface area contributed by atoms with E-state index < -0.39 is 0 Å². The minimum atomic E-state index is 0.521. The van der Waals surface area contributed by atoms with E-state index in [1.807, 2.05) is 6.07 Å². The van der Waals surface area contributed by atoms with Crippen LogP contribution in [-0.2, 0) is 13.0 Å². The van der Waals surface area contributed by atoms with Crippen molar-refractivity contribution in [2.45, 2.75) is 33.2 Å². The van der Waals surface area contributed by atoms with Gasteiger partial charge in [0.15, 0.2) is 0 Å². The van der Waals surface area contributed by atoms with Crippen molar-refractivity contribution in [1.82, 2.24) is 0 Å². The molecule has 2 nitrogen and oxygen atoms in total. The van der Waals surface area contributed by atoms with E-state index in [9.17, 15) is 0 Å². The number of rotatable bonds is 5. The maximum Gasteiger partial charge on any atom is 0.123 e. The average molecular weight is 219 g/mol. The Kier molecular flexibility index (Phi) is 5.06. The van der Waals surface area contributed by atoms with E-state index in [1.54, 1.807) is 7.11 Å². The summed E-state index contributed by atoms with van der Waals surface area (Å²) in [6.07, 6.45) is 4.34. The first-order chi connectivity index (χ1) is 7.71. The van der Waals surface area contributed by atoms with Gasteiger partial charge in [0.2, 0.25) is 0 Å². The largest absolute Gasteiger partial charge is 0.496 e. The Morgan fingerprint density at radius 3 is 2.75 bits per heavy atom. The number of allylic oxidation sites excluding steroid dienone is 2. The summed E-state index contributed by atoms with van der Waals surface area (Å²) in [6.45, 7) is 4.84. The first-order valence-electron chi connectivity index (χ1n) is 5.72. The number of ether oxygens (including phenoxy) is 1. The summed E-state index contributed by atoms with van der Waals surface area (Å²) in [5.74, 6) is 0.878. The molecule has 0 aliphatic heterocycles. The number of hydrogen-bond acceptors (Lipinski definition) is 2. The molecule has 0 saturated carbocycles. The van der Waals surface area contributed by atoms with Gasteiger partial charge in [-0.1, -0.05) is 30.7 Å². The zero-order chi connectivity index (χ0) is 12.0. The fraction of sp³-hybridized carbons (Fsp3) is 0.429. The Morgan fingerprint density at radius 1 is 1.44 bits per heavy atom. The molecular formula is C14H21NO. The van der Waals surface area contributed by atoms with Crippen LogP contribution in [0.1, 0.15) is 31.4 Å². The van der Waals surface area contributed by atoms with Crippen molar-refractivity contribution < 1.29 is 4.74 Å². The van der Waals surface area contributed by atoms with Gasteiger partial charge in [0.05, 0.1) is 7.11 Å². The lowest BCUT2D eigenvalue weighted by molar-refractivity contribution is 0.409. The molecule has 0 aliphatic carbocycles. The minimum absolute atomic E-state index is 0.521. The molecule has 0 amide bonds. The number of benzene rings is 1. The van der Waals surface area contributed by atoms with E-state index in [2.05, 4.69) is 32.1 Å². The maximum atomic E-state index is 5.69. The fourth-order valence-corrected chi connectivity index (χ4v) is 1.84. The Hall–Kier alpha value is -1.28. The van der Waals surface area contributed by atoms with Gasteiger partial charge in [-0.3, -0.25) is 0 Å². The van der Waals surface area contributed by atoms with Crippen LogP contribution in [0.2, 0.25) is 0 Å². The second kappa shape index (κ2) is 6.33. The highest BCUT2D eigenvalue weighted by atomic mass is 16.5. The van der Waals surface area contributed by atoms with Gasteiger partial charge in [0, 0.05) is 12.1 Å². The van der Waals surface area contributed by atoms with Crippen LogP contribution in [0.15, 0.2) is 29.8 Å². The summed E-state index contributed by atoms with van der Waals surface area (Å²) in [4.78, 5) is 0. The van der Waals surface area contributed by atoms with Gasteiger partial charge in [-0.15, -0.1) is 0 Å².